The van der Waals surface area contributed by atoms with Gasteiger partial charge in [-0.3, -0.25) is 10.1 Å². The molecule has 18 heavy (non-hydrogen) atoms. The highest BCUT2D eigenvalue weighted by atomic mass is 32.1. The van der Waals surface area contributed by atoms with Crippen LogP contribution in [0.5, 0.6) is 0 Å². The molecule has 0 aliphatic carbocycles. The predicted molar refractivity (Wildman–Crippen MR) is 70.2 cm³/mol. The molecule has 6 nitrogen and oxygen atoms in total. The fourth-order valence-electron chi connectivity index (χ4n) is 1.89. The second kappa shape index (κ2) is 5.28. The molecule has 1 aromatic carbocycles. The van der Waals surface area contributed by atoms with E-state index in [9.17, 15) is 10.1 Å². The van der Waals surface area contributed by atoms with Crippen molar-refractivity contribution in [3.05, 3.63) is 39.9 Å². The van der Waals surface area contributed by atoms with Crippen molar-refractivity contribution < 1.29 is 9.66 Å². The number of hydrogen-bond acceptors (Lipinski definition) is 4. The van der Waals surface area contributed by atoms with Crippen LogP contribution in [0.4, 0.5) is 5.69 Å². The van der Waals surface area contributed by atoms with Gasteiger partial charge in [0.2, 0.25) is 0 Å². The van der Waals surface area contributed by atoms with Crippen molar-refractivity contribution in [2.45, 2.75) is 6.23 Å². The summed E-state index contributed by atoms with van der Waals surface area (Å²) in [5, 5.41) is 14.2. The molecule has 1 N–H and O–H groups in total. The van der Waals surface area contributed by atoms with Crippen LogP contribution in [-0.4, -0.2) is 35.1 Å². The van der Waals surface area contributed by atoms with Crippen molar-refractivity contribution in [2.24, 2.45) is 0 Å². The van der Waals surface area contributed by atoms with Crippen LogP contribution in [-0.2, 0) is 4.74 Å². The largest absolute Gasteiger partial charge is 0.366 e. The Bertz CT molecular complexity index is 480. The summed E-state index contributed by atoms with van der Waals surface area (Å²) in [5.41, 5.74) is 0.789. The molecule has 7 heteroatoms. The highest BCUT2D eigenvalue weighted by Crippen LogP contribution is 2.28. The molecule has 1 fully saturated rings. The molecule has 1 aliphatic rings. The van der Waals surface area contributed by atoms with Gasteiger partial charge in [-0.15, -0.1) is 0 Å². The van der Waals surface area contributed by atoms with E-state index in [1.807, 2.05) is 4.90 Å². The van der Waals surface area contributed by atoms with Crippen LogP contribution in [0.1, 0.15) is 11.8 Å². The van der Waals surface area contributed by atoms with Gasteiger partial charge in [-0.1, -0.05) is 12.1 Å². The fraction of sp³-hybridized carbons (Fsp3) is 0.364. The molecular formula is C11H13N3O3S. The van der Waals surface area contributed by atoms with E-state index in [4.69, 9.17) is 17.0 Å². The first kappa shape index (κ1) is 12.7. The van der Waals surface area contributed by atoms with Crippen molar-refractivity contribution >= 4 is 23.0 Å². The van der Waals surface area contributed by atoms with Gasteiger partial charge in [0.05, 0.1) is 11.5 Å². The van der Waals surface area contributed by atoms with E-state index in [0.717, 1.165) is 5.56 Å². The second-order valence-electron chi connectivity index (χ2n) is 3.82. The maximum absolute atomic E-state index is 10.8. The van der Waals surface area contributed by atoms with Gasteiger partial charge in [-0.2, -0.15) is 0 Å². The number of rotatable bonds is 2. The number of nitro benzene ring substituents is 1. The SMILES string of the molecule is CNC(=S)N1CCOC1c1cccc([N+](=O)[O-])c1. The number of nitrogens with one attached hydrogen (secondary N) is 1. The first-order chi connectivity index (χ1) is 8.63. The number of non-ortho nitro benzene ring substituents is 1. The molecule has 0 spiro atoms. The Morgan fingerprint density at radius 3 is 3.11 bits per heavy atom. The molecule has 1 heterocycles. The Balaban J connectivity index is 2.27. The molecule has 1 unspecified atom stereocenters. The quantitative estimate of drug-likeness (QED) is 0.497. The molecule has 0 saturated carbocycles. The Morgan fingerprint density at radius 2 is 2.44 bits per heavy atom. The third kappa shape index (κ3) is 2.41. The summed E-state index contributed by atoms with van der Waals surface area (Å²) >= 11 is 5.18. The summed E-state index contributed by atoms with van der Waals surface area (Å²) in [5.74, 6) is 0. The Labute approximate surface area is 110 Å². The number of nitrogens with zero attached hydrogens (tertiary/aromatic N) is 2. The van der Waals surface area contributed by atoms with Crippen molar-refractivity contribution in [3.8, 4) is 0 Å². The lowest BCUT2D eigenvalue weighted by atomic mass is 10.1. The summed E-state index contributed by atoms with van der Waals surface area (Å²) in [6.45, 7) is 1.22. The van der Waals surface area contributed by atoms with Gasteiger partial charge in [-0.25, -0.2) is 0 Å². The van der Waals surface area contributed by atoms with E-state index in [0.29, 0.717) is 18.3 Å². The van der Waals surface area contributed by atoms with Crippen LogP contribution < -0.4 is 5.32 Å². The minimum absolute atomic E-state index is 0.0540. The van der Waals surface area contributed by atoms with Crippen LogP contribution in [0.15, 0.2) is 24.3 Å². The van der Waals surface area contributed by atoms with Crippen LogP contribution in [0.25, 0.3) is 0 Å². The van der Waals surface area contributed by atoms with Gasteiger partial charge in [0.15, 0.2) is 11.3 Å². The molecule has 2 rings (SSSR count). The molecule has 1 saturated heterocycles. The maximum atomic E-state index is 10.8. The van der Waals surface area contributed by atoms with E-state index < -0.39 is 4.92 Å². The topological polar surface area (TPSA) is 67.6 Å². The Morgan fingerprint density at radius 1 is 1.67 bits per heavy atom. The zero-order valence-corrected chi connectivity index (χ0v) is 10.6. The van der Waals surface area contributed by atoms with E-state index in [-0.39, 0.29) is 11.9 Å². The van der Waals surface area contributed by atoms with E-state index >= 15 is 0 Å². The Hall–Kier alpha value is -1.73. The second-order valence-corrected chi connectivity index (χ2v) is 4.21. The van der Waals surface area contributed by atoms with Crippen LogP contribution in [0.2, 0.25) is 0 Å². The predicted octanol–water partition coefficient (Wildman–Crippen LogP) is 1.43. The van der Waals surface area contributed by atoms with Crippen molar-refractivity contribution in [2.75, 3.05) is 20.2 Å². The number of hydrogen-bond donors (Lipinski definition) is 1. The highest BCUT2D eigenvalue weighted by Gasteiger charge is 2.29. The average Bonchev–Trinajstić information content (AvgIpc) is 2.87. The average molecular weight is 267 g/mol. The number of nitro groups is 1. The Kier molecular flexibility index (Phi) is 3.73. The van der Waals surface area contributed by atoms with Crippen LogP contribution in [0, 0.1) is 10.1 Å². The first-order valence-electron chi connectivity index (χ1n) is 5.48. The summed E-state index contributed by atoms with van der Waals surface area (Å²) in [4.78, 5) is 12.2. The highest BCUT2D eigenvalue weighted by molar-refractivity contribution is 7.80. The van der Waals surface area contributed by atoms with Crippen LogP contribution in [0.3, 0.4) is 0 Å². The van der Waals surface area contributed by atoms with E-state index in [1.165, 1.54) is 12.1 Å². The summed E-state index contributed by atoms with van der Waals surface area (Å²) in [6.07, 6.45) is -0.357. The minimum Gasteiger partial charge on any atom is -0.366 e. The van der Waals surface area contributed by atoms with Gasteiger partial charge in [0.25, 0.3) is 5.69 Å². The van der Waals surface area contributed by atoms with Gasteiger partial charge in [0.1, 0.15) is 0 Å². The molecule has 1 aliphatic heterocycles. The lowest BCUT2D eigenvalue weighted by Gasteiger charge is -2.25. The number of thiocarbonyl (C=S) groups is 1. The summed E-state index contributed by atoms with van der Waals surface area (Å²) < 4.78 is 5.59. The normalized spacial score (nSPS) is 18.7. The zero-order valence-electron chi connectivity index (χ0n) is 9.83. The number of ether oxygens (including phenoxy) is 1. The lowest BCUT2D eigenvalue weighted by molar-refractivity contribution is -0.385. The summed E-state index contributed by atoms with van der Waals surface area (Å²) in [7, 11) is 1.74. The molecule has 0 bridgehead atoms. The third-order valence-electron chi connectivity index (χ3n) is 2.73. The lowest BCUT2D eigenvalue weighted by Crippen LogP contribution is -2.37. The molecular weight excluding hydrogens is 254 g/mol. The summed E-state index contributed by atoms with van der Waals surface area (Å²) in [6, 6.07) is 6.42. The monoisotopic (exact) mass is 267 g/mol. The van der Waals surface area contributed by atoms with Crippen LogP contribution >= 0.6 is 12.2 Å². The zero-order chi connectivity index (χ0) is 13.1. The molecule has 0 radical (unpaired) electrons. The minimum atomic E-state index is -0.417. The van der Waals surface area contributed by atoms with Gasteiger partial charge >= 0.3 is 0 Å². The molecule has 96 valence electrons. The van der Waals surface area contributed by atoms with E-state index in [2.05, 4.69) is 5.32 Å². The smallest absolute Gasteiger partial charge is 0.269 e. The standard InChI is InChI=1S/C11H13N3O3S/c1-12-11(18)13-5-6-17-10(13)8-3-2-4-9(7-8)14(15)16/h2-4,7,10H,5-6H2,1H3,(H,12,18). The molecule has 1 aromatic rings. The van der Waals surface area contributed by atoms with Crippen molar-refractivity contribution in [3.63, 3.8) is 0 Å². The molecule has 0 aromatic heterocycles. The molecule has 0 amide bonds. The fourth-order valence-corrected chi connectivity index (χ4v) is 2.08. The van der Waals surface area contributed by atoms with Crippen molar-refractivity contribution in [1.82, 2.24) is 10.2 Å². The molecule has 1 atom stereocenters. The van der Waals surface area contributed by atoms with Gasteiger partial charge < -0.3 is 15.0 Å². The number of benzene rings is 1. The maximum Gasteiger partial charge on any atom is 0.269 e. The van der Waals surface area contributed by atoms with Gasteiger partial charge in [-0.05, 0) is 12.2 Å². The third-order valence-corrected chi connectivity index (χ3v) is 3.17. The van der Waals surface area contributed by atoms with Gasteiger partial charge in [0, 0.05) is 31.3 Å². The van der Waals surface area contributed by atoms with Crippen molar-refractivity contribution in [1.29, 1.82) is 0 Å². The first-order valence-corrected chi connectivity index (χ1v) is 5.88. The van der Waals surface area contributed by atoms with E-state index in [1.54, 1.807) is 19.2 Å².